The van der Waals surface area contributed by atoms with E-state index < -0.39 is 0 Å². The van der Waals surface area contributed by atoms with Crippen molar-refractivity contribution < 1.29 is 0 Å². The van der Waals surface area contributed by atoms with Gasteiger partial charge in [0.25, 0.3) is 0 Å². The molecule has 0 aromatic heterocycles. The van der Waals surface area contributed by atoms with E-state index in [9.17, 15) is 0 Å². The summed E-state index contributed by atoms with van der Waals surface area (Å²) in [6.07, 6.45) is 0. The fourth-order valence-electron chi connectivity index (χ4n) is 0.866. The second-order valence-corrected chi connectivity index (χ2v) is 2.80. The van der Waals surface area contributed by atoms with E-state index in [1.807, 2.05) is 12.1 Å². The number of nitrogens with zero attached hydrogens (tertiary/aromatic N) is 1. The average Bonchev–Trinajstić information content (AvgIpc) is 2.05. The molecule has 1 aromatic rings. The molecular formula is C10H10N. The predicted molar refractivity (Wildman–Crippen MR) is 44.1 cm³/mol. The molecule has 0 saturated carbocycles. The van der Waals surface area contributed by atoms with Crippen molar-refractivity contribution >= 4 is 0 Å². The van der Waals surface area contributed by atoms with Gasteiger partial charge in [-0.05, 0) is 29.7 Å². The van der Waals surface area contributed by atoms with Crippen LogP contribution in [0.4, 0.5) is 0 Å². The summed E-state index contributed by atoms with van der Waals surface area (Å²) in [4.78, 5) is 0. The van der Waals surface area contributed by atoms with Crippen LogP contribution in [0.5, 0.6) is 0 Å². The molecule has 0 bridgehead atoms. The van der Waals surface area contributed by atoms with Crippen molar-refractivity contribution in [2.75, 3.05) is 0 Å². The van der Waals surface area contributed by atoms with Gasteiger partial charge in [-0.3, -0.25) is 0 Å². The van der Waals surface area contributed by atoms with Gasteiger partial charge in [0.15, 0.2) is 0 Å². The van der Waals surface area contributed by atoms with E-state index in [0.717, 1.165) is 5.56 Å². The van der Waals surface area contributed by atoms with Gasteiger partial charge in [-0.15, -0.1) is 0 Å². The fourth-order valence-corrected chi connectivity index (χ4v) is 0.866. The van der Waals surface area contributed by atoms with E-state index in [1.54, 1.807) is 6.07 Å². The zero-order chi connectivity index (χ0) is 8.27. The normalized spacial score (nSPS) is 9.64. The quantitative estimate of drug-likeness (QED) is 0.594. The van der Waals surface area contributed by atoms with E-state index in [2.05, 4.69) is 26.0 Å². The molecule has 0 amide bonds. The van der Waals surface area contributed by atoms with Gasteiger partial charge in [0, 0.05) is 0 Å². The van der Waals surface area contributed by atoms with Crippen LogP contribution in [-0.4, -0.2) is 0 Å². The van der Waals surface area contributed by atoms with Gasteiger partial charge in [0.1, 0.15) is 0 Å². The van der Waals surface area contributed by atoms with Crippen molar-refractivity contribution in [1.29, 1.82) is 5.26 Å². The zero-order valence-corrected chi connectivity index (χ0v) is 6.76. The molecule has 0 heterocycles. The molecule has 55 valence electrons. The highest BCUT2D eigenvalue weighted by Crippen LogP contribution is 2.13. The molecule has 0 unspecified atom stereocenters. The lowest BCUT2D eigenvalue weighted by Gasteiger charge is -2.02. The minimum absolute atomic E-state index is 0.489. The Hall–Kier alpha value is -1.29. The van der Waals surface area contributed by atoms with Crippen LogP contribution in [-0.2, 0) is 0 Å². The second kappa shape index (κ2) is 3.21. The first-order chi connectivity index (χ1) is 5.24. The molecule has 1 radical (unpaired) electrons. The van der Waals surface area contributed by atoms with Gasteiger partial charge in [-0.2, -0.15) is 5.26 Å². The maximum atomic E-state index is 8.50. The van der Waals surface area contributed by atoms with Crippen molar-refractivity contribution in [1.82, 2.24) is 0 Å². The van der Waals surface area contributed by atoms with Crippen molar-refractivity contribution in [2.45, 2.75) is 19.8 Å². The molecule has 1 aromatic carbocycles. The number of hydrogen-bond acceptors (Lipinski definition) is 1. The lowest BCUT2D eigenvalue weighted by atomic mass is 10.0. The largest absolute Gasteiger partial charge is 0.192 e. The zero-order valence-electron chi connectivity index (χ0n) is 6.76. The molecule has 0 spiro atoms. The van der Waals surface area contributed by atoms with Crippen molar-refractivity contribution in [3.63, 3.8) is 0 Å². The Bertz CT molecular complexity index is 264. The molecule has 1 heteroatoms. The third-order valence-electron chi connectivity index (χ3n) is 1.59. The Labute approximate surface area is 67.3 Å². The van der Waals surface area contributed by atoms with Crippen LogP contribution >= 0.6 is 0 Å². The third-order valence-corrected chi connectivity index (χ3v) is 1.59. The van der Waals surface area contributed by atoms with Crippen molar-refractivity contribution in [2.24, 2.45) is 0 Å². The summed E-state index contributed by atoms with van der Waals surface area (Å²) in [7, 11) is 0. The fraction of sp³-hybridized carbons (Fsp3) is 0.300. The van der Waals surface area contributed by atoms with E-state index in [1.165, 1.54) is 0 Å². The maximum absolute atomic E-state index is 8.50. The van der Waals surface area contributed by atoms with Crippen LogP contribution < -0.4 is 0 Å². The first-order valence-corrected chi connectivity index (χ1v) is 3.66. The molecule has 11 heavy (non-hydrogen) atoms. The van der Waals surface area contributed by atoms with E-state index in [-0.39, 0.29) is 0 Å². The topological polar surface area (TPSA) is 23.8 Å². The monoisotopic (exact) mass is 144 g/mol. The number of rotatable bonds is 1. The molecule has 0 aliphatic rings. The Morgan fingerprint density at radius 1 is 1.45 bits per heavy atom. The molecule has 0 aliphatic heterocycles. The van der Waals surface area contributed by atoms with Crippen LogP contribution in [0.2, 0.25) is 0 Å². The van der Waals surface area contributed by atoms with Gasteiger partial charge >= 0.3 is 0 Å². The van der Waals surface area contributed by atoms with Gasteiger partial charge in [0.05, 0.1) is 11.6 Å². The second-order valence-electron chi connectivity index (χ2n) is 2.80. The Morgan fingerprint density at radius 3 is 2.55 bits per heavy atom. The van der Waals surface area contributed by atoms with Crippen molar-refractivity contribution in [3.05, 3.63) is 35.4 Å². The minimum atomic E-state index is 0.489. The smallest absolute Gasteiger partial charge is 0.0991 e. The molecule has 1 nitrogen and oxygen atoms in total. The Kier molecular flexibility index (Phi) is 2.28. The highest BCUT2D eigenvalue weighted by molar-refractivity contribution is 5.31. The van der Waals surface area contributed by atoms with Gasteiger partial charge in [0.2, 0.25) is 0 Å². The minimum Gasteiger partial charge on any atom is -0.192 e. The molecule has 0 N–H and O–H groups in total. The number of benzene rings is 1. The van der Waals surface area contributed by atoms with E-state index in [0.29, 0.717) is 11.5 Å². The summed E-state index contributed by atoms with van der Waals surface area (Å²) >= 11 is 0. The van der Waals surface area contributed by atoms with Crippen LogP contribution in [0, 0.1) is 17.4 Å². The average molecular weight is 144 g/mol. The molecule has 0 aliphatic carbocycles. The molecule has 0 saturated heterocycles. The molecule has 1 rings (SSSR count). The Balaban J connectivity index is 2.94. The van der Waals surface area contributed by atoms with Gasteiger partial charge in [-0.25, -0.2) is 0 Å². The maximum Gasteiger partial charge on any atom is 0.0991 e. The van der Waals surface area contributed by atoms with Gasteiger partial charge in [-0.1, -0.05) is 19.9 Å². The summed E-state index contributed by atoms with van der Waals surface area (Å²) in [6, 6.07) is 10.6. The summed E-state index contributed by atoms with van der Waals surface area (Å²) in [5.74, 6) is 0.489. The first kappa shape index (κ1) is 7.81. The van der Waals surface area contributed by atoms with Crippen LogP contribution in [0.15, 0.2) is 18.2 Å². The number of hydrogen-bond donors (Lipinski definition) is 0. The molecule has 0 atom stereocenters. The van der Waals surface area contributed by atoms with Crippen LogP contribution in [0.3, 0.4) is 0 Å². The highest BCUT2D eigenvalue weighted by Gasteiger charge is 1.97. The predicted octanol–water partition coefficient (Wildman–Crippen LogP) is 2.48. The van der Waals surface area contributed by atoms with Crippen molar-refractivity contribution in [3.8, 4) is 6.07 Å². The van der Waals surface area contributed by atoms with Crippen LogP contribution in [0.1, 0.15) is 30.9 Å². The van der Waals surface area contributed by atoms with E-state index >= 15 is 0 Å². The molecule has 0 fully saturated rings. The number of nitriles is 1. The lowest BCUT2D eigenvalue weighted by Crippen LogP contribution is -1.86. The van der Waals surface area contributed by atoms with Gasteiger partial charge < -0.3 is 0 Å². The van der Waals surface area contributed by atoms with E-state index in [4.69, 9.17) is 5.26 Å². The third kappa shape index (κ3) is 1.81. The first-order valence-electron chi connectivity index (χ1n) is 3.66. The van der Waals surface area contributed by atoms with Crippen LogP contribution in [0.25, 0.3) is 0 Å². The Morgan fingerprint density at radius 2 is 2.18 bits per heavy atom. The SMILES string of the molecule is CC(C)c1[c]cc(C#N)cc1. The summed E-state index contributed by atoms with van der Waals surface area (Å²) in [6.45, 7) is 4.22. The standard InChI is InChI=1S/C10H10N/c1-8(2)10-5-3-9(7-11)4-6-10/h3-5,8H,1-2H3. The highest BCUT2D eigenvalue weighted by atomic mass is 14.2. The molecular weight excluding hydrogens is 134 g/mol. The lowest BCUT2D eigenvalue weighted by molar-refractivity contribution is 0.864. The summed E-state index contributed by atoms with van der Waals surface area (Å²) in [5.41, 5.74) is 1.83. The summed E-state index contributed by atoms with van der Waals surface area (Å²) < 4.78 is 0. The summed E-state index contributed by atoms with van der Waals surface area (Å²) in [5, 5.41) is 8.50.